The summed E-state index contributed by atoms with van der Waals surface area (Å²) < 4.78 is 14.8. The maximum Gasteiger partial charge on any atom is 0.123 e. The number of phenolic OH excluding ortho intramolecular Hbond substituents is 2. The topological polar surface area (TPSA) is 68.2 Å². The van der Waals surface area contributed by atoms with E-state index in [0.717, 1.165) is 61.9 Å². The van der Waals surface area contributed by atoms with Crippen molar-refractivity contribution in [1.82, 2.24) is 0 Å². The molecule has 46 heavy (non-hydrogen) atoms. The summed E-state index contributed by atoms with van der Waals surface area (Å²) in [5, 5.41) is 20.5. The molecule has 3 saturated heterocycles. The van der Waals surface area contributed by atoms with Gasteiger partial charge in [0, 0.05) is 80.0 Å². The fourth-order valence-corrected chi connectivity index (χ4v) is 5.04. The van der Waals surface area contributed by atoms with Gasteiger partial charge in [-0.25, -0.2) is 0 Å². The van der Waals surface area contributed by atoms with Crippen LogP contribution in [0.15, 0.2) is 36.4 Å². The Bertz CT molecular complexity index is 904. The SMILES string of the molecule is C1CCOC1.C1CCOC1.C1CCOC1.CC(C)(C)c1cccc(C(C)(C)C)c1O.CC(C)(C)c1cccc(C(C)(C)C)c1O.[Sm]. The Morgan fingerprint density at radius 3 is 0.674 bits per heavy atom. The maximum atomic E-state index is 10.3. The van der Waals surface area contributed by atoms with Gasteiger partial charge in [-0.3, -0.25) is 0 Å². The normalized spacial score (nSPS) is 16.3. The summed E-state index contributed by atoms with van der Waals surface area (Å²) in [6, 6.07) is 12.1. The van der Waals surface area contributed by atoms with E-state index in [4.69, 9.17) is 14.2 Å². The van der Waals surface area contributed by atoms with Gasteiger partial charge in [-0.15, -0.1) is 0 Å². The Balaban J connectivity index is 0.000000600. The molecule has 0 radical (unpaired) electrons. The number of para-hydroxylation sites is 2. The first-order valence-electron chi connectivity index (χ1n) is 17.2. The molecule has 0 unspecified atom stereocenters. The Morgan fingerprint density at radius 2 is 0.565 bits per heavy atom. The van der Waals surface area contributed by atoms with Crippen molar-refractivity contribution < 1.29 is 64.8 Å². The molecule has 0 aliphatic carbocycles. The Kier molecular flexibility index (Phi) is 21.0. The zero-order valence-electron chi connectivity index (χ0n) is 31.5. The van der Waals surface area contributed by atoms with Crippen LogP contribution in [0.25, 0.3) is 0 Å². The maximum absolute atomic E-state index is 10.3. The summed E-state index contributed by atoms with van der Waals surface area (Å²) in [6.07, 6.45) is 7.67. The summed E-state index contributed by atoms with van der Waals surface area (Å²) in [6.45, 7) is 31.4. The van der Waals surface area contributed by atoms with Gasteiger partial charge in [0.1, 0.15) is 11.5 Å². The molecular formula is C40H68O5Sm. The molecule has 3 fully saturated rings. The molecule has 2 aromatic rings. The number of rotatable bonds is 0. The molecule has 5 nitrogen and oxygen atoms in total. The molecule has 2 N–H and O–H groups in total. The quantitative estimate of drug-likeness (QED) is 0.279. The second-order valence-corrected chi connectivity index (χ2v) is 16.4. The molecular weight excluding hydrogens is 711 g/mol. The number of hydrogen-bond donors (Lipinski definition) is 2. The molecule has 3 aliphatic rings. The van der Waals surface area contributed by atoms with E-state index in [-0.39, 0.29) is 62.0 Å². The van der Waals surface area contributed by atoms with Gasteiger partial charge in [-0.05, 0) is 82.4 Å². The first kappa shape index (κ1) is 45.3. The van der Waals surface area contributed by atoms with Gasteiger partial charge < -0.3 is 24.4 Å². The number of hydrogen-bond acceptors (Lipinski definition) is 5. The number of benzene rings is 2. The third-order valence-corrected chi connectivity index (χ3v) is 7.79. The molecule has 5 rings (SSSR count). The van der Waals surface area contributed by atoms with E-state index >= 15 is 0 Å². The minimum Gasteiger partial charge on any atom is -0.507 e. The number of aromatic hydroxyl groups is 2. The van der Waals surface area contributed by atoms with E-state index < -0.39 is 0 Å². The van der Waals surface area contributed by atoms with Crippen LogP contribution >= 0.6 is 0 Å². The Labute approximate surface area is 315 Å². The van der Waals surface area contributed by atoms with Crippen LogP contribution in [-0.4, -0.2) is 49.9 Å². The van der Waals surface area contributed by atoms with Gasteiger partial charge in [0.2, 0.25) is 0 Å². The molecule has 0 spiro atoms. The van der Waals surface area contributed by atoms with Crippen molar-refractivity contribution in [2.75, 3.05) is 39.6 Å². The second kappa shape index (κ2) is 21.4. The van der Waals surface area contributed by atoms with E-state index in [9.17, 15) is 10.2 Å². The Morgan fingerprint density at radius 1 is 0.391 bits per heavy atom. The van der Waals surface area contributed by atoms with Crippen LogP contribution < -0.4 is 0 Å². The van der Waals surface area contributed by atoms with Gasteiger partial charge in [-0.1, -0.05) is 119 Å². The zero-order chi connectivity index (χ0) is 34.3. The first-order valence-corrected chi connectivity index (χ1v) is 17.2. The van der Waals surface area contributed by atoms with Crippen molar-refractivity contribution in [1.29, 1.82) is 0 Å². The average Bonchev–Trinajstić information content (AvgIpc) is 3.74. The van der Waals surface area contributed by atoms with Crippen molar-refractivity contribution in [3.05, 3.63) is 58.7 Å². The minimum atomic E-state index is -0.00859. The van der Waals surface area contributed by atoms with E-state index in [2.05, 4.69) is 83.1 Å². The molecule has 6 heteroatoms. The van der Waals surface area contributed by atoms with Gasteiger partial charge >= 0.3 is 0 Å². The number of ether oxygens (including phenoxy) is 3. The van der Waals surface area contributed by atoms with Gasteiger partial charge in [-0.2, -0.15) is 0 Å². The van der Waals surface area contributed by atoms with Crippen LogP contribution in [0.5, 0.6) is 11.5 Å². The summed E-state index contributed by atoms with van der Waals surface area (Å²) in [5.41, 5.74) is 4.06. The monoisotopic (exact) mass is 780 g/mol. The summed E-state index contributed by atoms with van der Waals surface area (Å²) in [7, 11) is 0. The van der Waals surface area contributed by atoms with Crippen molar-refractivity contribution in [3.63, 3.8) is 0 Å². The van der Waals surface area contributed by atoms with E-state index in [1.54, 1.807) is 0 Å². The molecule has 0 atom stereocenters. The summed E-state index contributed by atoms with van der Waals surface area (Å²) in [5.74, 6) is 0.912. The molecule has 3 heterocycles. The van der Waals surface area contributed by atoms with Gasteiger partial charge in [0.05, 0.1) is 0 Å². The Hall–Kier alpha value is -0.742. The van der Waals surface area contributed by atoms with Crippen LogP contribution in [0.1, 0.15) is 144 Å². The molecule has 2 aromatic carbocycles. The van der Waals surface area contributed by atoms with Crippen molar-refractivity contribution >= 4 is 0 Å². The summed E-state index contributed by atoms with van der Waals surface area (Å²) >= 11 is 0. The fourth-order valence-electron chi connectivity index (χ4n) is 5.04. The molecule has 0 amide bonds. The largest absolute Gasteiger partial charge is 0.507 e. The zero-order valence-corrected chi connectivity index (χ0v) is 34.1. The third kappa shape index (κ3) is 17.6. The van der Waals surface area contributed by atoms with Crippen molar-refractivity contribution in [2.45, 2.75) is 143 Å². The summed E-state index contributed by atoms with van der Waals surface area (Å²) in [4.78, 5) is 0. The predicted molar refractivity (Wildman–Crippen MR) is 191 cm³/mol. The molecule has 3 aliphatic heterocycles. The van der Waals surface area contributed by atoms with E-state index in [1.807, 2.05) is 36.4 Å². The third-order valence-electron chi connectivity index (χ3n) is 7.79. The van der Waals surface area contributed by atoms with Crippen LogP contribution in [0, 0.1) is 40.4 Å². The smallest absolute Gasteiger partial charge is 0.123 e. The second-order valence-electron chi connectivity index (χ2n) is 16.4. The van der Waals surface area contributed by atoms with Gasteiger partial charge in [0.25, 0.3) is 0 Å². The first-order chi connectivity index (χ1) is 20.8. The fraction of sp³-hybridized carbons (Fsp3) is 0.700. The molecule has 264 valence electrons. The number of phenols is 2. The average molecular weight is 779 g/mol. The van der Waals surface area contributed by atoms with Gasteiger partial charge in [0.15, 0.2) is 0 Å². The minimum absolute atomic E-state index is 0. The molecule has 0 bridgehead atoms. The standard InChI is InChI=1S/2C14H22O.3C4H8O.Sm/c2*1-13(2,3)10-8-7-9-11(12(10)15)14(4,5)6;3*1-2-4-5-3-1;/h2*7-9,15H,1-6H3;3*1-4H2;. The van der Waals surface area contributed by atoms with Crippen molar-refractivity contribution in [2.24, 2.45) is 0 Å². The molecule has 0 saturated carbocycles. The van der Waals surface area contributed by atoms with Crippen LogP contribution in [-0.2, 0) is 35.9 Å². The van der Waals surface area contributed by atoms with Crippen LogP contribution in [0.4, 0.5) is 0 Å². The molecule has 0 aromatic heterocycles. The predicted octanol–water partition coefficient (Wildman–Crippen LogP) is 10.4. The van der Waals surface area contributed by atoms with Crippen LogP contribution in [0.3, 0.4) is 0 Å². The van der Waals surface area contributed by atoms with E-state index in [1.165, 1.54) is 38.5 Å². The van der Waals surface area contributed by atoms with Crippen molar-refractivity contribution in [3.8, 4) is 11.5 Å². The van der Waals surface area contributed by atoms with Crippen LogP contribution in [0.2, 0.25) is 0 Å². The van der Waals surface area contributed by atoms with E-state index in [0.29, 0.717) is 11.5 Å².